The summed E-state index contributed by atoms with van der Waals surface area (Å²) in [6.07, 6.45) is 3.18. The number of nitrogens with one attached hydrogen (secondary N) is 1. The van der Waals surface area contributed by atoms with Gasteiger partial charge in [0.25, 0.3) is 5.91 Å². The molecule has 1 aromatic carbocycles. The van der Waals surface area contributed by atoms with Crippen LogP contribution in [0.15, 0.2) is 48.8 Å². The van der Waals surface area contributed by atoms with Crippen LogP contribution in [0.5, 0.6) is 0 Å². The molecule has 0 aliphatic heterocycles. The molecule has 132 valence electrons. The molecule has 2 rings (SSSR count). The number of carbonyl (C=O) groups is 2. The first-order valence-electron chi connectivity index (χ1n) is 8.20. The number of benzene rings is 1. The smallest absolute Gasteiger partial charge is 0.258 e. The maximum absolute atomic E-state index is 12.4. The van der Waals surface area contributed by atoms with Crippen molar-refractivity contribution in [3.05, 3.63) is 59.9 Å². The van der Waals surface area contributed by atoms with E-state index in [0.717, 1.165) is 11.3 Å². The Kier molecular flexibility index (Phi) is 6.25. The van der Waals surface area contributed by atoms with E-state index in [0.29, 0.717) is 12.1 Å². The minimum absolute atomic E-state index is 0.0928. The molecule has 2 aromatic rings. The average Bonchev–Trinajstić information content (AvgIpc) is 2.65. The van der Waals surface area contributed by atoms with E-state index in [1.807, 2.05) is 38.1 Å². The van der Waals surface area contributed by atoms with Crippen molar-refractivity contribution in [3.8, 4) is 0 Å². The van der Waals surface area contributed by atoms with E-state index in [-0.39, 0.29) is 17.7 Å². The van der Waals surface area contributed by atoms with Gasteiger partial charge >= 0.3 is 0 Å². The Morgan fingerprint density at radius 3 is 2.28 bits per heavy atom. The number of carbonyl (C=O) groups excluding carboxylic acids is 2. The number of pyridine rings is 1. The molecule has 0 unspecified atom stereocenters. The molecule has 0 spiro atoms. The maximum atomic E-state index is 12.4. The molecule has 0 radical (unpaired) electrons. The molecule has 0 bridgehead atoms. The molecule has 0 saturated carbocycles. The van der Waals surface area contributed by atoms with Crippen molar-refractivity contribution in [1.82, 2.24) is 10.3 Å². The van der Waals surface area contributed by atoms with Crippen molar-refractivity contribution in [2.45, 2.75) is 26.4 Å². The molecule has 1 heterocycles. The van der Waals surface area contributed by atoms with E-state index in [9.17, 15) is 9.59 Å². The summed E-state index contributed by atoms with van der Waals surface area (Å²) in [6, 6.07) is 10.3. The molecule has 1 atom stereocenters. The third kappa shape index (κ3) is 4.87. The number of anilines is 1. The standard InChI is InChI=1S/C19H24N4O2/c1-13(2)17(20)18(24)22-12-14-4-6-16(7-5-14)23(3)19(25)15-8-10-21-11-9-15/h4-11,13,17H,12,20H2,1-3H3,(H,22,24)/t17-/m0/s1. The first-order chi connectivity index (χ1) is 11.9. The predicted molar refractivity (Wildman–Crippen MR) is 98.1 cm³/mol. The highest BCUT2D eigenvalue weighted by Gasteiger charge is 2.17. The van der Waals surface area contributed by atoms with E-state index < -0.39 is 6.04 Å². The largest absolute Gasteiger partial charge is 0.351 e. The first-order valence-corrected chi connectivity index (χ1v) is 8.20. The van der Waals surface area contributed by atoms with E-state index in [4.69, 9.17) is 5.73 Å². The lowest BCUT2D eigenvalue weighted by Crippen LogP contribution is -2.43. The summed E-state index contributed by atoms with van der Waals surface area (Å²) in [6.45, 7) is 4.23. The van der Waals surface area contributed by atoms with Crippen molar-refractivity contribution >= 4 is 17.5 Å². The topological polar surface area (TPSA) is 88.3 Å². The molecule has 0 fully saturated rings. The van der Waals surface area contributed by atoms with Crippen LogP contribution in [0.1, 0.15) is 29.8 Å². The highest BCUT2D eigenvalue weighted by molar-refractivity contribution is 6.05. The average molecular weight is 340 g/mol. The molecule has 6 heteroatoms. The Balaban J connectivity index is 1.97. The van der Waals surface area contributed by atoms with Crippen molar-refractivity contribution in [3.63, 3.8) is 0 Å². The molecule has 1 aromatic heterocycles. The van der Waals surface area contributed by atoms with Crippen LogP contribution >= 0.6 is 0 Å². The van der Waals surface area contributed by atoms with Crippen LogP contribution in [0.2, 0.25) is 0 Å². The Morgan fingerprint density at radius 2 is 1.72 bits per heavy atom. The van der Waals surface area contributed by atoms with Crippen LogP contribution in [-0.2, 0) is 11.3 Å². The minimum atomic E-state index is -0.511. The lowest BCUT2D eigenvalue weighted by atomic mass is 10.0. The Bertz CT molecular complexity index is 714. The number of aromatic nitrogens is 1. The van der Waals surface area contributed by atoms with E-state index in [1.165, 1.54) is 0 Å². The number of amides is 2. The fraction of sp³-hybridized carbons (Fsp3) is 0.316. The Labute approximate surface area is 148 Å². The summed E-state index contributed by atoms with van der Waals surface area (Å²) >= 11 is 0. The quantitative estimate of drug-likeness (QED) is 0.841. The summed E-state index contributed by atoms with van der Waals surface area (Å²) in [7, 11) is 1.72. The van der Waals surface area contributed by atoms with Crippen LogP contribution in [0.4, 0.5) is 5.69 Å². The molecular formula is C19H24N4O2. The van der Waals surface area contributed by atoms with Crippen LogP contribution in [0.25, 0.3) is 0 Å². The second-order valence-corrected chi connectivity index (χ2v) is 6.25. The van der Waals surface area contributed by atoms with Gasteiger partial charge in [0.1, 0.15) is 0 Å². The number of nitrogens with two attached hydrogens (primary N) is 1. The third-order valence-electron chi connectivity index (χ3n) is 4.04. The van der Waals surface area contributed by atoms with Gasteiger partial charge in [-0.2, -0.15) is 0 Å². The van der Waals surface area contributed by atoms with Gasteiger partial charge in [-0.05, 0) is 35.7 Å². The lowest BCUT2D eigenvalue weighted by molar-refractivity contribution is -0.123. The van der Waals surface area contributed by atoms with Crippen LogP contribution < -0.4 is 16.0 Å². The van der Waals surface area contributed by atoms with Crippen LogP contribution in [-0.4, -0.2) is 29.9 Å². The number of hydrogen-bond acceptors (Lipinski definition) is 4. The Hall–Kier alpha value is -2.73. The third-order valence-corrected chi connectivity index (χ3v) is 4.04. The van der Waals surface area contributed by atoms with Crippen molar-refractivity contribution in [1.29, 1.82) is 0 Å². The van der Waals surface area contributed by atoms with Gasteiger partial charge in [0.2, 0.25) is 5.91 Å². The number of hydrogen-bond donors (Lipinski definition) is 2. The molecule has 6 nitrogen and oxygen atoms in total. The summed E-state index contributed by atoms with van der Waals surface area (Å²) in [5.41, 5.74) is 8.11. The van der Waals surface area contributed by atoms with Gasteiger partial charge in [-0.1, -0.05) is 26.0 Å². The maximum Gasteiger partial charge on any atom is 0.258 e. The summed E-state index contributed by atoms with van der Waals surface area (Å²) in [5.74, 6) is -0.175. The van der Waals surface area contributed by atoms with Crippen molar-refractivity contribution < 1.29 is 9.59 Å². The summed E-state index contributed by atoms with van der Waals surface area (Å²) in [4.78, 5) is 29.8. The molecule has 2 amide bonds. The lowest BCUT2D eigenvalue weighted by Gasteiger charge is -2.18. The Morgan fingerprint density at radius 1 is 1.12 bits per heavy atom. The summed E-state index contributed by atoms with van der Waals surface area (Å²) in [5, 5.41) is 2.83. The van der Waals surface area contributed by atoms with Gasteiger partial charge in [-0.15, -0.1) is 0 Å². The SMILES string of the molecule is CC(C)[C@H](N)C(=O)NCc1ccc(N(C)C(=O)c2ccncc2)cc1. The van der Waals surface area contributed by atoms with Crippen molar-refractivity contribution in [2.75, 3.05) is 11.9 Å². The highest BCUT2D eigenvalue weighted by atomic mass is 16.2. The molecule has 0 aliphatic rings. The second-order valence-electron chi connectivity index (χ2n) is 6.25. The zero-order valence-electron chi connectivity index (χ0n) is 14.8. The zero-order valence-corrected chi connectivity index (χ0v) is 14.8. The van der Waals surface area contributed by atoms with E-state index in [1.54, 1.807) is 36.5 Å². The fourth-order valence-corrected chi connectivity index (χ4v) is 2.25. The minimum Gasteiger partial charge on any atom is -0.351 e. The zero-order chi connectivity index (χ0) is 18.4. The molecule has 0 aliphatic carbocycles. The van der Waals surface area contributed by atoms with Crippen LogP contribution in [0, 0.1) is 5.92 Å². The first kappa shape index (κ1) is 18.6. The van der Waals surface area contributed by atoms with Crippen LogP contribution in [0.3, 0.4) is 0 Å². The predicted octanol–water partition coefficient (Wildman–Crippen LogP) is 1.96. The molecule has 0 saturated heterocycles. The van der Waals surface area contributed by atoms with E-state index in [2.05, 4.69) is 10.3 Å². The molecule has 25 heavy (non-hydrogen) atoms. The number of nitrogens with zero attached hydrogens (tertiary/aromatic N) is 2. The second kappa shape index (κ2) is 8.39. The van der Waals surface area contributed by atoms with Crippen molar-refractivity contribution in [2.24, 2.45) is 11.7 Å². The van der Waals surface area contributed by atoms with Gasteiger partial charge < -0.3 is 16.0 Å². The van der Waals surface area contributed by atoms with Gasteiger partial charge in [0, 0.05) is 37.2 Å². The normalized spacial score (nSPS) is 11.9. The highest BCUT2D eigenvalue weighted by Crippen LogP contribution is 2.16. The van der Waals surface area contributed by atoms with Gasteiger partial charge in [-0.25, -0.2) is 0 Å². The molecular weight excluding hydrogens is 316 g/mol. The number of rotatable bonds is 6. The van der Waals surface area contributed by atoms with Gasteiger partial charge in [0.05, 0.1) is 6.04 Å². The van der Waals surface area contributed by atoms with E-state index >= 15 is 0 Å². The monoisotopic (exact) mass is 340 g/mol. The fourth-order valence-electron chi connectivity index (χ4n) is 2.25. The molecule has 3 N–H and O–H groups in total. The van der Waals surface area contributed by atoms with Gasteiger partial charge in [0.15, 0.2) is 0 Å². The summed E-state index contributed by atoms with van der Waals surface area (Å²) < 4.78 is 0. The van der Waals surface area contributed by atoms with Gasteiger partial charge in [-0.3, -0.25) is 14.6 Å².